The third-order valence-electron chi connectivity index (χ3n) is 4.45. The largest absolute Gasteiger partial charge is 0.496 e. The second kappa shape index (κ2) is 7.93. The molecule has 2 rings (SSSR count). The molecule has 23 heavy (non-hydrogen) atoms. The number of ether oxygens (including phenoxy) is 1. The van der Waals surface area contributed by atoms with Crippen LogP contribution in [0.25, 0.3) is 0 Å². The quantitative estimate of drug-likeness (QED) is 0.848. The van der Waals surface area contributed by atoms with E-state index in [0.717, 1.165) is 39.1 Å². The lowest BCUT2D eigenvalue weighted by atomic mass is 9.85. The molecule has 0 amide bonds. The standard InChI is InChI=1S/C19H30N2O2/c1-19(2,3)15-6-7-18(23-4)16(14-15)17(22)8-12-21-11-5-9-20-10-13-21/h6-7,14,20H,5,8-13H2,1-4H3. The van der Waals surface area contributed by atoms with E-state index in [-0.39, 0.29) is 11.2 Å². The van der Waals surface area contributed by atoms with Gasteiger partial charge in [-0.05, 0) is 42.6 Å². The number of nitrogens with zero attached hydrogens (tertiary/aromatic N) is 1. The fourth-order valence-electron chi connectivity index (χ4n) is 2.91. The van der Waals surface area contributed by atoms with Crippen LogP contribution in [0.15, 0.2) is 18.2 Å². The Balaban J connectivity index is 2.07. The highest BCUT2D eigenvalue weighted by molar-refractivity contribution is 5.99. The minimum absolute atomic E-state index is 0.0256. The van der Waals surface area contributed by atoms with Crippen LogP contribution in [0.3, 0.4) is 0 Å². The van der Waals surface area contributed by atoms with Gasteiger partial charge < -0.3 is 15.0 Å². The van der Waals surface area contributed by atoms with Crippen LogP contribution in [0.2, 0.25) is 0 Å². The van der Waals surface area contributed by atoms with E-state index in [1.807, 2.05) is 12.1 Å². The maximum Gasteiger partial charge on any atom is 0.167 e. The van der Waals surface area contributed by atoms with Gasteiger partial charge in [0.2, 0.25) is 0 Å². The van der Waals surface area contributed by atoms with Gasteiger partial charge in [0, 0.05) is 26.1 Å². The van der Waals surface area contributed by atoms with E-state index in [2.05, 4.69) is 37.1 Å². The molecule has 1 aromatic rings. The van der Waals surface area contributed by atoms with Crippen LogP contribution in [-0.4, -0.2) is 50.5 Å². The van der Waals surface area contributed by atoms with E-state index in [1.54, 1.807) is 7.11 Å². The summed E-state index contributed by atoms with van der Waals surface area (Å²) in [5.74, 6) is 0.852. The van der Waals surface area contributed by atoms with Crippen molar-refractivity contribution in [2.75, 3.05) is 39.8 Å². The number of nitrogens with one attached hydrogen (secondary N) is 1. The molecule has 1 N–H and O–H groups in total. The number of carbonyl (C=O) groups excluding carboxylic acids is 1. The van der Waals surface area contributed by atoms with Crippen molar-refractivity contribution in [3.8, 4) is 5.75 Å². The highest BCUT2D eigenvalue weighted by Gasteiger charge is 2.20. The van der Waals surface area contributed by atoms with Crippen molar-refractivity contribution < 1.29 is 9.53 Å². The smallest absolute Gasteiger partial charge is 0.167 e. The van der Waals surface area contributed by atoms with Crippen molar-refractivity contribution in [2.24, 2.45) is 0 Å². The summed E-state index contributed by atoms with van der Waals surface area (Å²) in [6.45, 7) is 11.5. The van der Waals surface area contributed by atoms with Crippen LogP contribution in [0.4, 0.5) is 0 Å². The molecular weight excluding hydrogens is 288 g/mol. The van der Waals surface area contributed by atoms with Gasteiger partial charge in [-0.1, -0.05) is 26.8 Å². The second-order valence-corrected chi connectivity index (χ2v) is 7.28. The van der Waals surface area contributed by atoms with Gasteiger partial charge in [0.05, 0.1) is 12.7 Å². The average molecular weight is 318 g/mol. The molecular formula is C19H30N2O2. The molecule has 1 aromatic carbocycles. The molecule has 0 unspecified atom stereocenters. The van der Waals surface area contributed by atoms with Crippen LogP contribution >= 0.6 is 0 Å². The normalized spacial score (nSPS) is 16.9. The van der Waals surface area contributed by atoms with Crippen molar-refractivity contribution in [3.63, 3.8) is 0 Å². The SMILES string of the molecule is COc1ccc(C(C)(C)C)cc1C(=O)CCN1CCCNCC1. The van der Waals surface area contributed by atoms with Gasteiger partial charge in [-0.2, -0.15) is 0 Å². The maximum absolute atomic E-state index is 12.7. The molecule has 0 aromatic heterocycles. The van der Waals surface area contributed by atoms with Crippen LogP contribution in [0.5, 0.6) is 5.75 Å². The first kappa shape index (κ1) is 18.0. The Bertz CT molecular complexity index is 527. The molecule has 1 saturated heterocycles. The number of rotatable bonds is 5. The molecule has 1 heterocycles. The summed E-state index contributed by atoms with van der Waals surface area (Å²) in [5, 5.41) is 3.39. The molecule has 0 bridgehead atoms. The van der Waals surface area contributed by atoms with Crippen molar-refractivity contribution >= 4 is 5.78 Å². The second-order valence-electron chi connectivity index (χ2n) is 7.28. The zero-order chi connectivity index (χ0) is 16.9. The van der Waals surface area contributed by atoms with E-state index in [1.165, 1.54) is 5.56 Å². The van der Waals surface area contributed by atoms with Crippen molar-refractivity contribution in [1.29, 1.82) is 0 Å². The lowest BCUT2D eigenvalue weighted by molar-refractivity contribution is 0.0962. The number of methoxy groups -OCH3 is 1. The van der Waals surface area contributed by atoms with E-state index in [0.29, 0.717) is 17.7 Å². The minimum atomic E-state index is 0.0256. The fraction of sp³-hybridized carbons (Fsp3) is 0.632. The third kappa shape index (κ3) is 5.05. The first-order valence-corrected chi connectivity index (χ1v) is 8.56. The number of benzene rings is 1. The first-order valence-electron chi connectivity index (χ1n) is 8.56. The molecule has 0 atom stereocenters. The molecule has 1 fully saturated rings. The van der Waals surface area contributed by atoms with Gasteiger partial charge in [-0.15, -0.1) is 0 Å². The van der Waals surface area contributed by atoms with Gasteiger partial charge in [0.25, 0.3) is 0 Å². The Labute approximate surface area is 140 Å². The van der Waals surface area contributed by atoms with Crippen LogP contribution in [-0.2, 0) is 5.41 Å². The summed E-state index contributed by atoms with van der Waals surface area (Å²) in [5.41, 5.74) is 1.91. The Morgan fingerprint density at radius 1 is 1.26 bits per heavy atom. The highest BCUT2D eigenvalue weighted by atomic mass is 16.5. The Morgan fingerprint density at radius 2 is 2.04 bits per heavy atom. The molecule has 0 aliphatic carbocycles. The lowest BCUT2D eigenvalue weighted by Crippen LogP contribution is -2.30. The van der Waals surface area contributed by atoms with Crippen LogP contribution in [0.1, 0.15) is 49.5 Å². The molecule has 1 aliphatic heterocycles. The minimum Gasteiger partial charge on any atom is -0.496 e. The molecule has 0 saturated carbocycles. The first-order chi connectivity index (χ1) is 10.9. The number of ketones is 1. The fourth-order valence-corrected chi connectivity index (χ4v) is 2.91. The van der Waals surface area contributed by atoms with Gasteiger partial charge in [-0.3, -0.25) is 4.79 Å². The summed E-state index contributed by atoms with van der Waals surface area (Å²) < 4.78 is 5.40. The van der Waals surface area contributed by atoms with E-state index < -0.39 is 0 Å². The number of hydrogen-bond acceptors (Lipinski definition) is 4. The summed E-state index contributed by atoms with van der Waals surface area (Å²) >= 11 is 0. The van der Waals surface area contributed by atoms with Crippen LogP contribution in [0, 0.1) is 0 Å². The number of carbonyl (C=O) groups is 1. The van der Waals surface area contributed by atoms with Crippen molar-refractivity contribution in [3.05, 3.63) is 29.3 Å². The summed E-state index contributed by atoms with van der Waals surface area (Å²) in [6, 6.07) is 5.98. The molecule has 4 heteroatoms. The topological polar surface area (TPSA) is 41.6 Å². The number of hydrogen-bond donors (Lipinski definition) is 1. The summed E-state index contributed by atoms with van der Waals surface area (Å²) in [6.07, 6.45) is 1.70. The Kier molecular flexibility index (Phi) is 6.19. The monoisotopic (exact) mass is 318 g/mol. The van der Waals surface area contributed by atoms with Crippen molar-refractivity contribution in [2.45, 2.75) is 39.0 Å². The predicted molar refractivity (Wildman–Crippen MR) is 94.6 cm³/mol. The number of Topliss-reactive ketones (excluding diaryl/α,β-unsaturated/α-hetero) is 1. The summed E-state index contributed by atoms with van der Waals surface area (Å²) in [7, 11) is 1.63. The van der Waals surface area contributed by atoms with Gasteiger partial charge >= 0.3 is 0 Å². The Morgan fingerprint density at radius 3 is 2.74 bits per heavy atom. The van der Waals surface area contributed by atoms with E-state index in [4.69, 9.17) is 4.74 Å². The highest BCUT2D eigenvalue weighted by Crippen LogP contribution is 2.28. The molecule has 4 nitrogen and oxygen atoms in total. The Hall–Kier alpha value is -1.39. The zero-order valence-electron chi connectivity index (χ0n) is 14.9. The molecule has 128 valence electrons. The molecule has 1 aliphatic rings. The van der Waals surface area contributed by atoms with Gasteiger partial charge in [0.15, 0.2) is 5.78 Å². The molecule has 0 spiro atoms. The van der Waals surface area contributed by atoms with E-state index >= 15 is 0 Å². The zero-order valence-corrected chi connectivity index (χ0v) is 14.9. The van der Waals surface area contributed by atoms with Crippen LogP contribution < -0.4 is 10.1 Å². The maximum atomic E-state index is 12.7. The molecule has 0 radical (unpaired) electrons. The van der Waals surface area contributed by atoms with Gasteiger partial charge in [-0.25, -0.2) is 0 Å². The average Bonchev–Trinajstić information content (AvgIpc) is 2.79. The van der Waals surface area contributed by atoms with E-state index in [9.17, 15) is 4.79 Å². The third-order valence-corrected chi connectivity index (χ3v) is 4.45. The lowest BCUT2D eigenvalue weighted by Gasteiger charge is -2.22. The summed E-state index contributed by atoms with van der Waals surface area (Å²) in [4.78, 5) is 15.1. The van der Waals surface area contributed by atoms with Gasteiger partial charge in [0.1, 0.15) is 5.75 Å². The van der Waals surface area contributed by atoms with Crippen molar-refractivity contribution in [1.82, 2.24) is 10.2 Å². The predicted octanol–water partition coefficient (Wildman–Crippen LogP) is 2.86.